The number of aryl methyl sites for hydroxylation is 1. The van der Waals surface area contributed by atoms with Gasteiger partial charge in [-0.3, -0.25) is 19.1 Å². The van der Waals surface area contributed by atoms with Crippen LogP contribution < -0.4 is 5.69 Å². The Bertz CT molecular complexity index is 1290. The summed E-state index contributed by atoms with van der Waals surface area (Å²) in [6, 6.07) is 7.10. The van der Waals surface area contributed by atoms with Gasteiger partial charge in [0.15, 0.2) is 0 Å². The third-order valence-corrected chi connectivity index (χ3v) is 5.88. The van der Waals surface area contributed by atoms with Crippen LogP contribution in [-0.4, -0.2) is 30.8 Å². The second kappa shape index (κ2) is 7.65. The van der Waals surface area contributed by atoms with E-state index in [2.05, 4.69) is 9.97 Å². The van der Waals surface area contributed by atoms with Crippen LogP contribution in [0.15, 0.2) is 47.7 Å². The van der Waals surface area contributed by atoms with E-state index in [1.165, 1.54) is 6.07 Å². The number of imidazole rings is 1. The Kier molecular flexibility index (Phi) is 4.83. The summed E-state index contributed by atoms with van der Waals surface area (Å²) in [6.45, 7) is 0.357. The van der Waals surface area contributed by atoms with E-state index in [9.17, 15) is 14.3 Å². The SMILES string of the molecule is O=c1n(Cc2ncc3cccc(F)c3c2CCCCO)c2cnccc2n1C1CC1. The maximum absolute atomic E-state index is 14.8. The molecule has 0 unspecified atom stereocenters. The Morgan fingerprint density at radius 1 is 1.13 bits per heavy atom. The molecule has 0 bridgehead atoms. The minimum absolute atomic E-state index is 0.0720. The van der Waals surface area contributed by atoms with Gasteiger partial charge in [0, 0.05) is 35.8 Å². The average molecular weight is 406 g/mol. The summed E-state index contributed by atoms with van der Waals surface area (Å²) >= 11 is 0. The van der Waals surface area contributed by atoms with E-state index < -0.39 is 0 Å². The predicted molar refractivity (Wildman–Crippen MR) is 113 cm³/mol. The van der Waals surface area contributed by atoms with Crippen LogP contribution in [-0.2, 0) is 13.0 Å². The van der Waals surface area contributed by atoms with Crippen LogP contribution >= 0.6 is 0 Å². The molecule has 1 fully saturated rings. The highest BCUT2D eigenvalue weighted by Crippen LogP contribution is 2.36. The minimum Gasteiger partial charge on any atom is -0.396 e. The van der Waals surface area contributed by atoms with E-state index in [0.29, 0.717) is 23.9 Å². The minimum atomic E-state index is -0.287. The van der Waals surface area contributed by atoms with Gasteiger partial charge < -0.3 is 5.11 Å². The molecule has 30 heavy (non-hydrogen) atoms. The maximum atomic E-state index is 14.8. The van der Waals surface area contributed by atoms with Crippen LogP contribution in [0.2, 0.25) is 0 Å². The molecule has 1 aromatic carbocycles. The van der Waals surface area contributed by atoms with Gasteiger partial charge in [-0.15, -0.1) is 0 Å². The molecule has 6 nitrogen and oxygen atoms in total. The molecule has 1 saturated carbocycles. The number of aliphatic hydroxyl groups excluding tert-OH is 1. The van der Waals surface area contributed by atoms with Crippen LogP contribution in [0.25, 0.3) is 21.8 Å². The number of aliphatic hydroxyl groups is 1. The number of hydrogen-bond donors (Lipinski definition) is 1. The number of benzene rings is 1. The molecule has 0 spiro atoms. The molecule has 0 saturated heterocycles. The summed E-state index contributed by atoms with van der Waals surface area (Å²) in [7, 11) is 0. The van der Waals surface area contributed by atoms with Crippen molar-refractivity contribution in [1.29, 1.82) is 0 Å². The summed E-state index contributed by atoms with van der Waals surface area (Å²) in [5, 5.41) is 10.5. The van der Waals surface area contributed by atoms with Gasteiger partial charge in [-0.25, -0.2) is 9.18 Å². The molecule has 0 amide bonds. The lowest BCUT2D eigenvalue weighted by Gasteiger charge is -2.13. The maximum Gasteiger partial charge on any atom is 0.329 e. The Balaban J connectivity index is 1.66. The molecule has 3 aromatic heterocycles. The molecule has 5 rings (SSSR count). The number of aromatic nitrogens is 4. The summed E-state index contributed by atoms with van der Waals surface area (Å²) < 4.78 is 18.3. The molecule has 0 radical (unpaired) electrons. The average Bonchev–Trinajstić information content (AvgIpc) is 3.55. The van der Waals surface area contributed by atoms with E-state index in [1.807, 2.05) is 16.7 Å². The highest BCUT2D eigenvalue weighted by atomic mass is 19.1. The number of halogens is 1. The molecule has 1 aliphatic rings. The highest BCUT2D eigenvalue weighted by Gasteiger charge is 2.29. The third-order valence-electron chi connectivity index (χ3n) is 5.88. The molecule has 0 aliphatic heterocycles. The second-order valence-corrected chi connectivity index (χ2v) is 7.90. The van der Waals surface area contributed by atoms with Crippen LogP contribution in [0.3, 0.4) is 0 Å². The van der Waals surface area contributed by atoms with Crippen molar-refractivity contribution in [3.63, 3.8) is 0 Å². The third kappa shape index (κ3) is 3.19. The zero-order valence-electron chi connectivity index (χ0n) is 16.6. The van der Waals surface area contributed by atoms with Crippen molar-refractivity contribution in [3.8, 4) is 0 Å². The Labute approximate surface area is 172 Å². The van der Waals surface area contributed by atoms with Crippen molar-refractivity contribution < 1.29 is 9.50 Å². The molecular weight excluding hydrogens is 383 g/mol. The monoisotopic (exact) mass is 406 g/mol. The zero-order chi connectivity index (χ0) is 20.7. The van der Waals surface area contributed by atoms with Crippen molar-refractivity contribution >= 4 is 21.8 Å². The summed E-state index contributed by atoms with van der Waals surface area (Å²) in [5.74, 6) is -0.287. The van der Waals surface area contributed by atoms with Crippen LogP contribution in [0, 0.1) is 5.82 Å². The molecule has 7 heteroatoms. The fourth-order valence-electron chi connectivity index (χ4n) is 4.27. The fourth-order valence-corrected chi connectivity index (χ4v) is 4.27. The zero-order valence-corrected chi connectivity index (χ0v) is 16.6. The van der Waals surface area contributed by atoms with Crippen LogP contribution in [0.1, 0.15) is 43.0 Å². The van der Waals surface area contributed by atoms with Gasteiger partial charge in [0.2, 0.25) is 0 Å². The normalized spacial score (nSPS) is 14.1. The van der Waals surface area contributed by atoms with Gasteiger partial charge >= 0.3 is 5.69 Å². The summed E-state index contributed by atoms with van der Waals surface area (Å²) in [5.41, 5.74) is 3.07. The lowest BCUT2D eigenvalue weighted by atomic mass is 9.98. The van der Waals surface area contributed by atoms with E-state index in [1.54, 1.807) is 29.2 Å². The first-order valence-electron chi connectivity index (χ1n) is 10.4. The van der Waals surface area contributed by atoms with Crippen molar-refractivity contribution in [2.45, 2.75) is 44.7 Å². The van der Waals surface area contributed by atoms with E-state index in [-0.39, 0.29) is 30.7 Å². The first-order chi connectivity index (χ1) is 14.7. The van der Waals surface area contributed by atoms with Crippen LogP contribution in [0.4, 0.5) is 4.39 Å². The van der Waals surface area contributed by atoms with Crippen molar-refractivity contribution in [2.24, 2.45) is 0 Å². The second-order valence-electron chi connectivity index (χ2n) is 7.90. The van der Waals surface area contributed by atoms with E-state index in [4.69, 9.17) is 0 Å². The van der Waals surface area contributed by atoms with Gasteiger partial charge in [-0.2, -0.15) is 0 Å². The quantitative estimate of drug-likeness (QED) is 0.476. The number of unbranched alkanes of at least 4 members (excludes halogenated alkanes) is 1. The van der Waals surface area contributed by atoms with Gasteiger partial charge in [-0.05, 0) is 49.8 Å². The van der Waals surface area contributed by atoms with Crippen molar-refractivity contribution in [3.05, 3.63) is 70.4 Å². The molecule has 4 aromatic rings. The molecule has 1 aliphatic carbocycles. The predicted octanol–water partition coefficient (Wildman–Crippen LogP) is 3.58. The van der Waals surface area contributed by atoms with Gasteiger partial charge in [0.1, 0.15) is 5.82 Å². The standard InChI is InChI=1S/C23H23FN4O2/c24-18-6-3-4-15-12-26-19(17(22(15)18)5-1-2-11-29)14-27-21-13-25-10-9-20(21)28(23(27)30)16-7-8-16/h3-4,6,9-10,12-13,16,29H,1-2,5,7-8,11,14H2. The summed E-state index contributed by atoms with van der Waals surface area (Å²) in [4.78, 5) is 22.1. The van der Waals surface area contributed by atoms with E-state index >= 15 is 0 Å². The smallest absolute Gasteiger partial charge is 0.329 e. The van der Waals surface area contributed by atoms with Gasteiger partial charge in [0.25, 0.3) is 0 Å². The fraction of sp³-hybridized carbons (Fsp3) is 0.348. The van der Waals surface area contributed by atoms with Crippen LogP contribution in [0.5, 0.6) is 0 Å². The Hall–Kier alpha value is -3.06. The summed E-state index contributed by atoms with van der Waals surface area (Å²) in [6.07, 6.45) is 9.05. The van der Waals surface area contributed by atoms with Gasteiger partial charge in [0.05, 0.1) is 29.5 Å². The van der Waals surface area contributed by atoms with Gasteiger partial charge in [-0.1, -0.05) is 12.1 Å². The Morgan fingerprint density at radius 3 is 2.80 bits per heavy atom. The molecule has 1 N–H and O–H groups in total. The highest BCUT2D eigenvalue weighted by molar-refractivity contribution is 5.86. The number of fused-ring (bicyclic) bond motifs is 2. The number of pyridine rings is 2. The molecule has 0 atom stereocenters. The van der Waals surface area contributed by atoms with Crippen molar-refractivity contribution in [2.75, 3.05) is 6.61 Å². The lowest BCUT2D eigenvalue weighted by molar-refractivity contribution is 0.284. The molecule has 3 heterocycles. The topological polar surface area (TPSA) is 72.9 Å². The number of hydrogen-bond acceptors (Lipinski definition) is 4. The first kappa shape index (κ1) is 18.9. The van der Waals surface area contributed by atoms with Crippen molar-refractivity contribution in [1.82, 2.24) is 19.1 Å². The molecule has 154 valence electrons. The number of rotatable bonds is 7. The molecular formula is C23H23FN4O2. The first-order valence-corrected chi connectivity index (χ1v) is 10.4. The van der Waals surface area contributed by atoms with E-state index in [0.717, 1.165) is 41.2 Å². The lowest BCUT2D eigenvalue weighted by Crippen LogP contribution is -2.25. The largest absolute Gasteiger partial charge is 0.396 e. The number of nitrogens with zero attached hydrogens (tertiary/aromatic N) is 4. The Morgan fingerprint density at radius 2 is 2.00 bits per heavy atom.